The van der Waals surface area contributed by atoms with E-state index in [1.807, 2.05) is 19.2 Å². The van der Waals surface area contributed by atoms with Gasteiger partial charge in [-0.1, -0.05) is 13.8 Å². The molecule has 0 saturated heterocycles. The second-order valence-electron chi connectivity index (χ2n) is 5.38. The van der Waals surface area contributed by atoms with Crippen molar-refractivity contribution in [3.05, 3.63) is 36.3 Å². The molecule has 17 heavy (non-hydrogen) atoms. The van der Waals surface area contributed by atoms with Crippen molar-refractivity contribution < 1.29 is 4.79 Å². The zero-order valence-electron chi connectivity index (χ0n) is 10.6. The summed E-state index contributed by atoms with van der Waals surface area (Å²) in [6.07, 6.45) is 6.87. The maximum Gasteiger partial charge on any atom is 0.157 e. The number of allylic oxidation sites excluding steroid dienone is 2. The molecule has 90 valence electrons. The lowest BCUT2D eigenvalue weighted by atomic mass is 9.78. The molecule has 0 spiro atoms. The highest BCUT2D eigenvalue weighted by atomic mass is 16.1. The summed E-state index contributed by atoms with van der Waals surface area (Å²) in [5.41, 5.74) is 2.21. The fraction of sp³-hybridized carbons (Fsp3) is 0.429. The maximum absolute atomic E-state index is 11.7. The molecule has 0 radical (unpaired) electrons. The first kappa shape index (κ1) is 11.8. The lowest BCUT2D eigenvalue weighted by Gasteiger charge is -2.33. The van der Waals surface area contributed by atoms with E-state index in [1.165, 1.54) is 0 Å². The summed E-state index contributed by atoms with van der Waals surface area (Å²) < 4.78 is 0. The van der Waals surface area contributed by atoms with Gasteiger partial charge < -0.3 is 4.90 Å². The molecule has 0 amide bonds. The van der Waals surface area contributed by atoms with Crippen LogP contribution in [0.25, 0.3) is 0 Å². The molecule has 1 aromatic heterocycles. The zero-order valence-corrected chi connectivity index (χ0v) is 10.6. The Morgan fingerprint density at radius 2 is 1.88 bits per heavy atom. The second-order valence-corrected chi connectivity index (χ2v) is 5.38. The van der Waals surface area contributed by atoms with E-state index in [0.29, 0.717) is 6.42 Å². The number of ketones is 1. The summed E-state index contributed by atoms with van der Waals surface area (Å²) in [4.78, 5) is 17.8. The number of aromatic nitrogens is 1. The Morgan fingerprint density at radius 3 is 2.47 bits per heavy atom. The molecule has 0 N–H and O–H groups in total. The number of pyridine rings is 1. The molecule has 1 heterocycles. The summed E-state index contributed by atoms with van der Waals surface area (Å²) in [5, 5.41) is 0. The lowest BCUT2D eigenvalue weighted by molar-refractivity contribution is -0.117. The van der Waals surface area contributed by atoms with Gasteiger partial charge in [-0.3, -0.25) is 9.78 Å². The second kappa shape index (κ2) is 4.32. The van der Waals surface area contributed by atoms with Crippen LogP contribution < -0.4 is 4.90 Å². The molecule has 3 heteroatoms. The Bertz CT molecular complexity index is 449. The summed E-state index contributed by atoms with van der Waals surface area (Å²) in [7, 11) is 2.00. The number of anilines is 1. The first-order chi connectivity index (χ1) is 7.98. The zero-order chi connectivity index (χ0) is 12.5. The van der Waals surface area contributed by atoms with Crippen molar-refractivity contribution in [2.24, 2.45) is 5.41 Å². The molecule has 0 unspecified atom stereocenters. The van der Waals surface area contributed by atoms with Crippen LogP contribution in [-0.2, 0) is 4.79 Å². The predicted octanol–water partition coefficient (Wildman–Crippen LogP) is 2.79. The highest BCUT2D eigenvalue weighted by molar-refractivity contribution is 5.92. The summed E-state index contributed by atoms with van der Waals surface area (Å²) in [5.74, 6) is 0.220. The van der Waals surface area contributed by atoms with E-state index in [0.717, 1.165) is 17.8 Å². The quantitative estimate of drug-likeness (QED) is 0.783. The predicted molar refractivity (Wildman–Crippen MR) is 68.7 cm³/mol. The minimum Gasteiger partial charge on any atom is -0.348 e. The molecular formula is C14H18N2O. The summed E-state index contributed by atoms with van der Waals surface area (Å²) in [6.45, 7) is 4.27. The summed E-state index contributed by atoms with van der Waals surface area (Å²) in [6, 6.07) is 3.90. The van der Waals surface area contributed by atoms with E-state index in [1.54, 1.807) is 18.5 Å². The third kappa shape index (κ3) is 2.73. The Labute approximate surface area is 102 Å². The van der Waals surface area contributed by atoms with Crippen molar-refractivity contribution in [3.8, 4) is 0 Å². The number of rotatable bonds is 2. The Hall–Kier alpha value is -1.64. The largest absolute Gasteiger partial charge is 0.348 e. The van der Waals surface area contributed by atoms with Gasteiger partial charge in [0.25, 0.3) is 0 Å². The molecule has 1 aromatic rings. The SMILES string of the molecule is CN(C1=CC(=O)CC(C)(C)C1)c1ccncc1. The third-order valence-electron chi connectivity index (χ3n) is 3.12. The van der Waals surface area contributed by atoms with Crippen LogP contribution >= 0.6 is 0 Å². The Balaban J connectivity index is 2.26. The third-order valence-corrected chi connectivity index (χ3v) is 3.12. The minimum absolute atomic E-state index is 0.0580. The van der Waals surface area contributed by atoms with Gasteiger partial charge >= 0.3 is 0 Å². The monoisotopic (exact) mass is 230 g/mol. The van der Waals surface area contributed by atoms with Crippen LogP contribution in [0.4, 0.5) is 5.69 Å². The molecule has 0 fully saturated rings. The number of hydrogen-bond donors (Lipinski definition) is 0. The van der Waals surface area contributed by atoms with Gasteiger partial charge in [0.2, 0.25) is 0 Å². The Kier molecular flexibility index (Phi) is 3.01. The molecule has 0 aliphatic heterocycles. The van der Waals surface area contributed by atoms with Gasteiger partial charge in [-0.2, -0.15) is 0 Å². The van der Waals surface area contributed by atoms with Crippen LogP contribution in [0.2, 0.25) is 0 Å². The van der Waals surface area contributed by atoms with Crippen molar-refractivity contribution in [3.63, 3.8) is 0 Å². The van der Waals surface area contributed by atoms with Crippen molar-refractivity contribution >= 4 is 11.5 Å². The van der Waals surface area contributed by atoms with Crippen LogP contribution in [-0.4, -0.2) is 17.8 Å². The van der Waals surface area contributed by atoms with Crippen molar-refractivity contribution in [1.82, 2.24) is 4.98 Å². The van der Waals surface area contributed by atoms with Crippen LogP contribution in [0.1, 0.15) is 26.7 Å². The van der Waals surface area contributed by atoms with Gasteiger partial charge in [0.15, 0.2) is 5.78 Å². The molecule has 1 aliphatic carbocycles. The van der Waals surface area contributed by atoms with Crippen molar-refractivity contribution in [1.29, 1.82) is 0 Å². The van der Waals surface area contributed by atoms with E-state index in [-0.39, 0.29) is 11.2 Å². The van der Waals surface area contributed by atoms with Crippen molar-refractivity contribution in [2.45, 2.75) is 26.7 Å². The first-order valence-electron chi connectivity index (χ1n) is 5.85. The van der Waals surface area contributed by atoms with Crippen LogP contribution in [0, 0.1) is 5.41 Å². The topological polar surface area (TPSA) is 33.2 Å². The molecule has 0 aromatic carbocycles. The lowest BCUT2D eigenvalue weighted by Crippen LogP contribution is -2.29. The van der Waals surface area contributed by atoms with Crippen LogP contribution in [0.15, 0.2) is 36.3 Å². The van der Waals surface area contributed by atoms with Gasteiger partial charge in [0.05, 0.1) is 0 Å². The van der Waals surface area contributed by atoms with Gasteiger partial charge in [-0.15, -0.1) is 0 Å². The average Bonchev–Trinajstić information content (AvgIpc) is 2.26. The molecule has 1 aliphatic rings. The Morgan fingerprint density at radius 1 is 1.24 bits per heavy atom. The normalized spacial score (nSPS) is 18.8. The average molecular weight is 230 g/mol. The number of hydrogen-bond acceptors (Lipinski definition) is 3. The van der Waals surface area contributed by atoms with Crippen LogP contribution in [0.5, 0.6) is 0 Å². The molecule has 2 rings (SSSR count). The van der Waals surface area contributed by atoms with Gasteiger partial charge in [0, 0.05) is 43.3 Å². The fourth-order valence-corrected chi connectivity index (χ4v) is 2.26. The molecule has 0 atom stereocenters. The first-order valence-corrected chi connectivity index (χ1v) is 5.85. The number of nitrogens with zero attached hydrogens (tertiary/aromatic N) is 2. The fourth-order valence-electron chi connectivity index (χ4n) is 2.26. The molecule has 0 bridgehead atoms. The standard InChI is InChI=1S/C14H18N2O/c1-14(2)9-12(8-13(17)10-14)16(3)11-4-6-15-7-5-11/h4-8H,9-10H2,1-3H3. The molecule has 0 saturated carbocycles. The van der Waals surface area contributed by atoms with E-state index in [9.17, 15) is 4.79 Å². The van der Waals surface area contributed by atoms with E-state index in [4.69, 9.17) is 0 Å². The van der Waals surface area contributed by atoms with E-state index >= 15 is 0 Å². The highest BCUT2D eigenvalue weighted by Gasteiger charge is 2.29. The van der Waals surface area contributed by atoms with Gasteiger partial charge in [-0.05, 0) is 24.0 Å². The van der Waals surface area contributed by atoms with Crippen molar-refractivity contribution in [2.75, 3.05) is 11.9 Å². The molecular weight excluding hydrogens is 212 g/mol. The summed E-state index contributed by atoms with van der Waals surface area (Å²) >= 11 is 0. The smallest absolute Gasteiger partial charge is 0.157 e. The van der Waals surface area contributed by atoms with Gasteiger partial charge in [0.1, 0.15) is 0 Å². The number of carbonyl (C=O) groups excluding carboxylic acids is 1. The van der Waals surface area contributed by atoms with E-state index in [2.05, 4.69) is 23.7 Å². The van der Waals surface area contributed by atoms with Crippen LogP contribution in [0.3, 0.4) is 0 Å². The molecule has 3 nitrogen and oxygen atoms in total. The maximum atomic E-state index is 11.7. The van der Waals surface area contributed by atoms with Gasteiger partial charge in [-0.25, -0.2) is 0 Å². The minimum atomic E-state index is 0.0580. The number of carbonyl (C=O) groups is 1. The van der Waals surface area contributed by atoms with E-state index < -0.39 is 0 Å². The highest BCUT2D eigenvalue weighted by Crippen LogP contribution is 2.35.